The third-order valence-corrected chi connectivity index (χ3v) is 3.60. The lowest BCUT2D eigenvalue weighted by Gasteiger charge is -2.12. The van der Waals surface area contributed by atoms with Crippen molar-refractivity contribution < 1.29 is 19.1 Å². The van der Waals surface area contributed by atoms with Gasteiger partial charge in [-0.15, -0.1) is 0 Å². The van der Waals surface area contributed by atoms with Gasteiger partial charge in [-0.25, -0.2) is 0 Å². The minimum absolute atomic E-state index is 0.122. The molecular weight excluding hydrogens is 358 g/mol. The van der Waals surface area contributed by atoms with Crippen molar-refractivity contribution in [1.82, 2.24) is 4.90 Å². The number of carbonyl (C=O) groups is 3. The van der Waals surface area contributed by atoms with Crippen molar-refractivity contribution in [3.05, 3.63) is 58.6 Å². The molecule has 0 aliphatic heterocycles. The van der Waals surface area contributed by atoms with E-state index in [-0.39, 0.29) is 23.8 Å². The zero-order chi connectivity index (χ0) is 19.3. The Morgan fingerprint density at radius 3 is 2.54 bits per heavy atom. The number of rotatable bonds is 6. The summed E-state index contributed by atoms with van der Waals surface area (Å²) in [6.45, 7) is -0.355. The van der Waals surface area contributed by atoms with E-state index in [0.717, 1.165) is 0 Å². The van der Waals surface area contributed by atoms with Gasteiger partial charge in [0.05, 0.1) is 5.56 Å². The number of hydrogen-bond donors (Lipinski definition) is 2. The van der Waals surface area contributed by atoms with Crippen LogP contribution >= 0.6 is 11.6 Å². The van der Waals surface area contributed by atoms with Crippen LogP contribution in [0.15, 0.2) is 42.5 Å². The number of nitrogens with two attached hydrogens (primary N) is 1. The summed E-state index contributed by atoms with van der Waals surface area (Å²) in [7, 11) is 3.28. The van der Waals surface area contributed by atoms with Gasteiger partial charge >= 0.3 is 0 Å². The maximum Gasteiger partial charge on any atom is 0.262 e. The molecule has 136 valence electrons. The molecule has 0 aromatic heterocycles. The highest BCUT2D eigenvalue weighted by atomic mass is 35.5. The Morgan fingerprint density at radius 1 is 1.15 bits per heavy atom. The largest absolute Gasteiger partial charge is 0.483 e. The lowest BCUT2D eigenvalue weighted by molar-refractivity contribution is -0.118. The lowest BCUT2D eigenvalue weighted by Crippen LogP contribution is -2.23. The summed E-state index contributed by atoms with van der Waals surface area (Å²) in [5, 5.41) is 2.97. The summed E-state index contributed by atoms with van der Waals surface area (Å²) >= 11 is 5.87. The number of carbonyl (C=O) groups excluding carboxylic acids is 3. The molecule has 0 atom stereocenters. The third kappa shape index (κ3) is 4.97. The molecule has 0 unspecified atom stereocenters. The molecule has 0 aliphatic carbocycles. The molecule has 26 heavy (non-hydrogen) atoms. The Balaban J connectivity index is 2.04. The minimum Gasteiger partial charge on any atom is -0.483 e. The fourth-order valence-electron chi connectivity index (χ4n) is 2.15. The number of hydrogen-bond acceptors (Lipinski definition) is 4. The Bertz CT molecular complexity index is 852. The van der Waals surface area contributed by atoms with Crippen LogP contribution in [0.1, 0.15) is 20.7 Å². The molecule has 0 saturated heterocycles. The van der Waals surface area contributed by atoms with Crippen molar-refractivity contribution in [2.24, 2.45) is 5.73 Å². The summed E-state index contributed by atoms with van der Waals surface area (Å²) in [6, 6.07) is 10.9. The normalized spacial score (nSPS) is 10.1. The first kappa shape index (κ1) is 19.3. The predicted octanol–water partition coefficient (Wildman–Crippen LogP) is 2.16. The van der Waals surface area contributed by atoms with E-state index in [9.17, 15) is 14.4 Å². The molecule has 0 fully saturated rings. The summed E-state index contributed by atoms with van der Waals surface area (Å²) in [4.78, 5) is 36.9. The molecule has 3 N–H and O–H groups in total. The second kappa shape index (κ2) is 8.35. The van der Waals surface area contributed by atoms with Gasteiger partial charge in [0.25, 0.3) is 17.7 Å². The van der Waals surface area contributed by atoms with Crippen LogP contribution in [0, 0.1) is 0 Å². The predicted molar refractivity (Wildman–Crippen MR) is 98.6 cm³/mol. The molecule has 0 bridgehead atoms. The van der Waals surface area contributed by atoms with Gasteiger partial charge < -0.3 is 20.7 Å². The van der Waals surface area contributed by atoms with E-state index in [1.807, 2.05) is 0 Å². The highest BCUT2D eigenvalue weighted by Crippen LogP contribution is 2.23. The molecule has 0 heterocycles. The number of amides is 3. The van der Waals surface area contributed by atoms with Gasteiger partial charge in [-0.3, -0.25) is 14.4 Å². The van der Waals surface area contributed by atoms with E-state index in [2.05, 4.69) is 5.32 Å². The van der Waals surface area contributed by atoms with Crippen LogP contribution in [0.3, 0.4) is 0 Å². The van der Waals surface area contributed by atoms with Crippen LogP contribution in [-0.4, -0.2) is 43.3 Å². The van der Waals surface area contributed by atoms with Crippen molar-refractivity contribution in [3.8, 4) is 5.75 Å². The lowest BCUT2D eigenvalue weighted by atomic mass is 10.2. The van der Waals surface area contributed by atoms with Crippen LogP contribution in [0.25, 0.3) is 0 Å². The van der Waals surface area contributed by atoms with Crippen LogP contribution in [0.5, 0.6) is 5.75 Å². The molecule has 8 heteroatoms. The molecule has 2 aromatic carbocycles. The topological polar surface area (TPSA) is 102 Å². The first-order valence-corrected chi connectivity index (χ1v) is 7.99. The Labute approximate surface area is 155 Å². The molecule has 0 radical (unpaired) electrons. The number of ether oxygens (including phenoxy) is 1. The Morgan fingerprint density at radius 2 is 1.88 bits per heavy atom. The molecule has 3 amide bonds. The van der Waals surface area contributed by atoms with E-state index < -0.39 is 11.8 Å². The highest BCUT2D eigenvalue weighted by molar-refractivity contribution is 6.30. The van der Waals surface area contributed by atoms with Gasteiger partial charge in [-0.05, 0) is 36.4 Å². The van der Waals surface area contributed by atoms with Gasteiger partial charge in [-0.2, -0.15) is 0 Å². The van der Waals surface area contributed by atoms with E-state index >= 15 is 0 Å². The van der Waals surface area contributed by atoms with E-state index in [1.54, 1.807) is 38.4 Å². The summed E-state index contributed by atoms with van der Waals surface area (Å²) < 4.78 is 5.36. The van der Waals surface area contributed by atoms with Crippen LogP contribution in [0.4, 0.5) is 5.69 Å². The van der Waals surface area contributed by atoms with Crippen LogP contribution < -0.4 is 15.8 Å². The van der Waals surface area contributed by atoms with E-state index in [1.165, 1.54) is 23.1 Å². The minimum atomic E-state index is -0.688. The molecule has 2 aromatic rings. The first-order valence-electron chi connectivity index (χ1n) is 7.61. The van der Waals surface area contributed by atoms with Crippen LogP contribution in [0.2, 0.25) is 5.02 Å². The average molecular weight is 376 g/mol. The molecule has 0 spiro atoms. The van der Waals surface area contributed by atoms with Crippen molar-refractivity contribution in [2.75, 3.05) is 26.0 Å². The molecular formula is C18H18ClN3O4. The number of nitrogens with zero attached hydrogens (tertiary/aromatic N) is 1. The monoisotopic (exact) mass is 375 g/mol. The quantitative estimate of drug-likeness (QED) is 0.807. The summed E-state index contributed by atoms with van der Waals surface area (Å²) in [6.07, 6.45) is 0. The molecule has 2 rings (SSSR count). The van der Waals surface area contributed by atoms with Gasteiger partial charge in [0.15, 0.2) is 6.61 Å². The SMILES string of the molecule is CN(C)C(=O)c1cccc(NC(=O)COc2cc(Cl)ccc2C(N)=O)c1. The number of primary amides is 1. The van der Waals surface area contributed by atoms with Crippen LogP contribution in [-0.2, 0) is 4.79 Å². The standard InChI is InChI=1S/C18H18ClN3O4/c1-22(2)18(25)11-4-3-5-13(8-11)21-16(23)10-26-15-9-12(19)6-7-14(15)17(20)24/h3-9H,10H2,1-2H3,(H2,20,24)(H,21,23). The van der Waals surface area contributed by atoms with Gasteiger partial charge in [-0.1, -0.05) is 17.7 Å². The smallest absolute Gasteiger partial charge is 0.262 e. The van der Waals surface area contributed by atoms with Crippen molar-refractivity contribution in [1.29, 1.82) is 0 Å². The number of benzene rings is 2. The molecule has 7 nitrogen and oxygen atoms in total. The second-order valence-corrected chi connectivity index (χ2v) is 6.06. The van der Waals surface area contributed by atoms with E-state index in [0.29, 0.717) is 16.3 Å². The van der Waals surface area contributed by atoms with Gasteiger partial charge in [0.1, 0.15) is 5.75 Å². The van der Waals surface area contributed by atoms with Crippen molar-refractivity contribution in [3.63, 3.8) is 0 Å². The second-order valence-electron chi connectivity index (χ2n) is 5.62. The average Bonchev–Trinajstić information content (AvgIpc) is 2.59. The Hall–Kier alpha value is -3.06. The first-order chi connectivity index (χ1) is 12.3. The Kier molecular flexibility index (Phi) is 6.19. The van der Waals surface area contributed by atoms with Crippen molar-refractivity contribution >= 4 is 35.0 Å². The summed E-state index contributed by atoms with van der Waals surface area (Å²) in [5.41, 5.74) is 6.29. The molecule has 0 saturated carbocycles. The maximum atomic E-state index is 12.1. The van der Waals surface area contributed by atoms with Crippen molar-refractivity contribution in [2.45, 2.75) is 0 Å². The van der Waals surface area contributed by atoms with E-state index in [4.69, 9.17) is 22.1 Å². The van der Waals surface area contributed by atoms with Gasteiger partial charge in [0, 0.05) is 30.4 Å². The zero-order valence-electron chi connectivity index (χ0n) is 14.3. The fraction of sp³-hybridized carbons (Fsp3) is 0.167. The number of anilines is 1. The maximum absolute atomic E-state index is 12.1. The number of halogens is 1. The zero-order valence-corrected chi connectivity index (χ0v) is 15.0. The summed E-state index contributed by atoms with van der Waals surface area (Å²) in [5.74, 6) is -1.21. The fourth-order valence-corrected chi connectivity index (χ4v) is 2.31. The molecule has 0 aliphatic rings. The third-order valence-electron chi connectivity index (χ3n) is 3.37. The number of nitrogens with one attached hydrogen (secondary N) is 1. The van der Waals surface area contributed by atoms with Gasteiger partial charge in [0.2, 0.25) is 0 Å². The highest BCUT2D eigenvalue weighted by Gasteiger charge is 2.13.